The van der Waals surface area contributed by atoms with E-state index in [1.165, 1.54) is 116 Å². The Hall–Kier alpha value is -7.74. The summed E-state index contributed by atoms with van der Waals surface area (Å²) in [5.41, 5.74) is 21.0. The predicted octanol–water partition coefficient (Wildman–Crippen LogP) is 14.6. The molecule has 1 heteroatoms. The highest BCUT2D eigenvalue weighted by Crippen LogP contribution is 2.68. The molecule has 2 spiro atoms. The molecule has 0 N–H and O–H groups in total. The van der Waals surface area contributed by atoms with Crippen LogP contribution in [0.4, 0.5) is 0 Å². The molecule has 0 radical (unpaired) electrons. The standard InChI is InChI=1S/C60H37N/c1-2-17-39-36-41(34-32-38(39)16-1)61-56-31-14-7-22-47(56)48-35-33-40(37-57(48)61)42-23-15-30-55-58(42)60(51-26-10-5-20-45(51)46-21-6-11-27-52(46)60)54-29-13-12-28-53(54)59(55)49-24-8-3-18-43(49)44-19-4-9-25-50(44)59/h1-37H. The van der Waals surface area contributed by atoms with Gasteiger partial charge in [-0.15, -0.1) is 0 Å². The maximum Gasteiger partial charge on any atom is 0.0725 e. The molecule has 3 aliphatic rings. The van der Waals surface area contributed by atoms with Gasteiger partial charge in [0.2, 0.25) is 0 Å². The average molecular weight is 772 g/mol. The van der Waals surface area contributed by atoms with Crippen molar-refractivity contribution in [3.05, 3.63) is 269 Å². The fraction of sp³-hybridized carbons (Fsp3) is 0.0333. The summed E-state index contributed by atoms with van der Waals surface area (Å²) in [7, 11) is 0. The highest BCUT2D eigenvalue weighted by Gasteiger charge is 2.59. The van der Waals surface area contributed by atoms with Gasteiger partial charge in [0, 0.05) is 16.5 Å². The largest absolute Gasteiger partial charge is 0.309 e. The number of rotatable bonds is 2. The minimum Gasteiger partial charge on any atom is -0.309 e. The lowest BCUT2D eigenvalue weighted by molar-refractivity contribution is 0.634. The van der Waals surface area contributed by atoms with Crippen LogP contribution in [-0.2, 0) is 10.8 Å². The molecule has 1 nitrogen and oxygen atoms in total. The van der Waals surface area contributed by atoms with Gasteiger partial charge in [-0.1, -0.05) is 200 Å². The van der Waals surface area contributed by atoms with Crippen molar-refractivity contribution in [2.75, 3.05) is 0 Å². The van der Waals surface area contributed by atoms with Crippen LogP contribution in [0, 0.1) is 0 Å². The van der Waals surface area contributed by atoms with Crippen molar-refractivity contribution < 1.29 is 0 Å². The molecule has 10 aromatic carbocycles. The molecule has 0 bridgehead atoms. The van der Waals surface area contributed by atoms with Gasteiger partial charge in [0.25, 0.3) is 0 Å². The summed E-state index contributed by atoms with van der Waals surface area (Å²) in [4.78, 5) is 0. The first-order chi connectivity index (χ1) is 30.3. The van der Waals surface area contributed by atoms with E-state index in [0.29, 0.717) is 0 Å². The van der Waals surface area contributed by atoms with Crippen molar-refractivity contribution in [3.63, 3.8) is 0 Å². The summed E-state index contributed by atoms with van der Waals surface area (Å²) in [6, 6.07) is 85.0. The van der Waals surface area contributed by atoms with Gasteiger partial charge in [-0.05, 0) is 113 Å². The Bertz CT molecular complexity index is 3580. The summed E-state index contributed by atoms with van der Waals surface area (Å²) in [6.45, 7) is 0. The van der Waals surface area contributed by atoms with Gasteiger partial charge in [0.1, 0.15) is 0 Å². The third-order valence-electron chi connectivity index (χ3n) is 14.5. The van der Waals surface area contributed by atoms with E-state index in [4.69, 9.17) is 0 Å². The number of benzene rings is 10. The van der Waals surface area contributed by atoms with Gasteiger partial charge in [0.05, 0.1) is 21.9 Å². The van der Waals surface area contributed by atoms with Gasteiger partial charge >= 0.3 is 0 Å². The molecular weight excluding hydrogens is 735 g/mol. The van der Waals surface area contributed by atoms with Crippen molar-refractivity contribution in [2.24, 2.45) is 0 Å². The second-order valence-corrected chi connectivity index (χ2v) is 17.1. The Morgan fingerprint density at radius 3 is 1.41 bits per heavy atom. The van der Waals surface area contributed by atoms with Crippen LogP contribution in [0.2, 0.25) is 0 Å². The van der Waals surface area contributed by atoms with E-state index in [9.17, 15) is 0 Å². The third-order valence-corrected chi connectivity index (χ3v) is 14.5. The van der Waals surface area contributed by atoms with E-state index in [1.807, 2.05) is 0 Å². The van der Waals surface area contributed by atoms with E-state index in [2.05, 4.69) is 229 Å². The molecule has 3 aliphatic carbocycles. The summed E-state index contributed by atoms with van der Waals surface area (Å²) >= 11 is 0. The number of hydrogen-bond donors (Lipinski definition) is 0. The van der Waals surface area contributed by atoms with Crippen LogP contribution >= 0.6 is 0 Å². The van der Waals surface area contributed by atoms with Gasteiger partial charge < -0.3 is 4.57 Å². The Balaban J connectivity index is 1.16. The Morgan fingerprint density at radius 2 is 0.754 bits per heavy atom. The second kappa shape index (κ2) is 11.9. The van der Waals surface area contributed by atoms with Gasteiger partial charge in [-0.25, -0.2) is 0 Å². The number of fused-ring (bicyclic) bond motifs is 20. The second-order valence-electron chi connectivity index (χ2n) is 17.1. The average Bonchev–Trinajstić information content (AvgIpc) is 3.93. The lowest BCUT2D eigenvalue weighted by atomic mass is 9.51. The molecule has 1 aromatic heterocycles. The van der Waals surface area contributed by atoms with E-state index >= 15 is 0 Å². The third kappa shape index (κ3) is 4.02. The number of para-hydroxylation sites is 1. The fourth-order valence-corrected chi connectivity index (χ4v) is 12.3. The number of nitrogens with zero attached hydrogens (tertiary/aromatic N) is 1. The molecule has 0 saturated carbocycles. The Morgan fingerprint density at radius 1 is 0.279 bits per heavy atom. The summed E-state index contributed by atoms with van der Waals surface area (Å²) in [5, 5.41) is 5.00. The van der Waals surface area contributed by atoms with E-state index in [0.717, 1.165) is 0 Å². The quantitative estimate of drug-likeness (QED) is 0.165. The minimum atomic E-state index is -0.576. The lowest BCUT2D eigenvalue weighted by Crippen LogP contribution is -2.44. The minimum absolute atomic E-state index is 0.531. The van der Waals surface area contributed by atoms with Crippen LogP contribution in [0.1, 0.15) is 44.5 Å². The first-order valence-corrected chi connectivity index (χ1v) is 21.4. The Labute approximate surface area is 354 Å². The van der Waals surface area contributed by atoms with Crippen LogP contribution in [-0.4, -0.2) is 4.57 Å². The Kier molecular flexibility index (Phi) is 6.48. The first kappa shape index (κ1) is 33.1. The molecule has 14 rings (SSSR count). The molecule has 0 unspecified atom stereocenters. The van der Waals surface area contributed by atoms with Crippen molar-refractivity contribution >= 4 is 32.6 Å². The van der Waals surface area contributed by atoms with E-state index in [-0.39, 0.29) is 0 Å². The van der Waals surface area contributed by atoms with Gasteiger partial charge in [-0.2, -0.15) is 0 Å². The van der Waals surface area contributed by atoms with E-state index < -0.39 is 10.8 Å². The van der Waals surface area contributed by atoms with Crippen LogP contribution in [0.5, 0.6) is 0 Å². The van der Waals surface area contributed by atoms with Crippen molar-refractivity contribution in [1.29, 1.82) is 0 Å². The van der Waals surface area contributed by atoms with Crippen molar-refractivity contribution in [1.82, 2.24) is 4.57 Å². The smallest absolute Gasteiger partial charge is 0.0725 e. The molecule has 1 heterocycles. The maximum absolute atomic E-state index is 2.48. The maximum atomic E-state index is 2.48. The molecule has 11 aromatic rings. The van der Waals surface area contributed by atoms with Gasteiger partial charge in [0.15, 0.2) is 0 Å². The first-order valence-electron chi connectivity index (χ1n) is 21.4. The molecule has 0 aliphatic heterocycles. The molecule has 61 heavy (non-hydrogen) atoms. The van der Waals surface area contributed by atoms with Gasteiger partial charge in [-0.3, -0.25) is 0 Å². The number of hydrogen-bond acceptors (Lipinski definition) is 0. The fourth-order valence-electron chi connectivity index (χ4n) is 12.3. The monoisotopic (exact) mass is 771 g/mol. The highest BCUT2D eigenvalue weighted by atomic mass is 15.0. The zero-order valence-corrected chi connectivity index (χ0v) is 33.3. The normalized spacial score (nSPS) is 14.5. The molecule has 0 atom stereocenters. The SMILES string of the molecule is c1ccc2c(c1)-c1ccccc1C21c2ccccc2C2(c3ccccc3-c3ccccc32)c2c(-c3ccc4c5ccccc5n(-c5ccc6ccccc6c5)c4c3)cccc21. The molecular formula is C60H37N. The van der Waals surface area contributed by atoms with Crippen molar-refractivity contribution in [3.8, 4) is 39.1 Å². The van der Waals surface area contributed by atoms with Crippen LogP contribution < -0.4 is 0 Å². The highest BCUT2D eigenvalue weighted by molar-refractivity contribution is 6.11. The molecule has 0 fully saturated rings. The topological polar surface area (TPSA) is 4.93 Å². The molecule has 0 saturated heterocycles. The van der Waals surface area contributed by atoms with Crippen molar-refractivity contribution in [2.45, 2.75) is 10.8 Å². The van der Waals surface area contributed by atoms with Crippen LogP contribution in [0.3, 0.4) is 0 Å². The lowest BCUT2D eigenvalue weighted by Gasteiger charge is -2.49. The zero-order chi connectivity index (χ0) is 39.9. The van der Waals surface area contributed by atoms with Crippen LogP contribution in [0.15, 0.2) is 224 Å². The number of aromatic nitrogens is 1. The summed E-state index contributed by atoms with van der Waals surface area (Å²) in [6.07, 6.45) is 0. The predicted molar refractivity (Wildman–Crippen MR) is 252 cm³/mol. The summed E-state index contributed by atoms with van der Waals surface area (Å²) in [5.74, 6) is 0. The molecule has 0 amide bonds. The van der Waals surface area contributed by atoms with E-state index in [1.54, 1.807) is 0 Å². The molecule has 282 valence electrons. The summed E-state index contributed by atoms with van der Waals surface area (Å²) < 4.78 is 2.48. The zero-order valence-electron chi connectivity index (χ0n) is 33.3. The van der Waals surface area contributed by atoms with Crippen LogP contribution in [0.25, 0.3) is 71.6 Å².